The zero-order valence-electron chi connectivity index (χ0n) is 11.3. The highest BCUT2D eigenvalue weighted by Crippen LogP contribution is 2.04. The molecule has 0 unspecified atom stereocenters. The predicted octanol–water partition coefficient (Wildman–Crippen LogP) is 0.897. The average molecular weight is 297 g/mol. The van der Waals surface area contributed by atoms with Crippen LogP contribution in [0.2, 0.25) is 5.02 Å². The first-order chi connectivity index (χ1) is 9.69. The van der Waals surface area contributed by atoms with Gasteiger partial charge in [-0.1, -0.05) is 11.6 Å². The van der Waals surface area contributed by atoms with Gasteiger partial charge in [-0.2, -0.15) is 5.10 Å². The minimum atomic E-state index is -0.0146. The van der Waals surface area contributed by atoms with E-state index in [4.69, 9.17) is 11.6 Å². The molecule has 20 heavy (non-hydrogen) atoms. The first-order valence-corrected chi connectivity index (χ1v) is 6.88. The van der Waals surface area contributed by atoms with Crippen LogP contribution in [0.3, 0.4) is 0 Å². The molecule has 2 aromatic rings. The van der Waals surface area contributed by atoms with Crippen LogP contribution in [-0.2, 0) is 24.3 Å². The largest absolute Gasteiger partial charge is 0.356 e. The van der Waals surface area contributed by atoms with Gasteiger partial charge in [0.15, 0.2) is 0 Å². The molecular weight excluding hydrogens is 280 g/mol. The summed E-state index contributed by atoms with van der Waals surface area (Å²) in [6, 6.07) is 0. The lowest BCUT2D eigenvalue weighted by Gasteiger charge is -2.06. The summed E-state index contributed by atoms with van der Waals surface area (Å²) in [5, 5.41) is 15.3. The summed E-state index contributed by atoms with van der Waals surface area (Å²) in [6.45, 7) is 3.93. The number of hydrogen-bond donors (Lipinski definition) is 1. The highest BCUT2D eigenvalue weighted by Gasteiger charge is 2.05. The van der Waals surface area contributed by atoms with E-state index in [0.29, 0.717) is 31.0 Å². The van der Waals surface area contributed by atoms with Gasteiger partial charge in [0.25, 0.3) is 0 Å². The maximum Gasteiger partial charge on any atom is 0.221 e. The molecule has 1 N–H and O–H groups in total. The van der Waals surface area contributed by atoms with Gasteiger partial charge in [0.05, 0.1) is 11.2 Å². The molecule has 0 bridgehead atoms. The number of aromatic nitrogens is 5. The van der Waals surface area contributed by atoms with E-state index < -0.39 is 0 Å². The molecular formula is C12H17ClN6O. The fraction of sp³-hybridized carbons (Fsp3) is 0.500. The van der Waals surface area contributed by atoms with E-state index >= 15 is 0 Å². The van der Waals surface area contributed by atoms with Gasteiger partial charge in [-0.25, -0.2) is 0 Å². The maximum absolute atomic E-state index is 11.7. The van der Waals surface area contributed by atoms with E-state index in [1.807, 2.05) is 11.5 Å². The van der Waals surface area contributed by atoms with Gasteiger partial charge < -0.3 is 9.88 Å². The molecule has 0 saturated carbocycles. The molecule has 0 spiro atoms. The summed E-state index contributed by atoms with van der Waals surface area (Å²) in [4.78, 5) is 11.7. The quantitative estimate of drug-likeness (QED) is 0.823. The Labute approximate surface area is 121 Å². The number of halogens is 1. The Morgan fingerprint density at radius 3 is 3.05 bits per heavy atom. The molecule has 7 nitrogen and oxygen atoms in total. The molecule has 0 saturated heterocycles. The van der Waals surface area contributed by atoms with E-state index in [9.17, 15) is 4.79 Å². The molecule has 0 aliphatic carbocycles. The first kappa shape index (κ1) is 14.5. The summed E-state index contributed by atoms with van der Waals surface area (Å²) in [5.41, 5.74) is 0. The first-order valence-electron chi connectivity index (χ1n) is 6.50. The smallest absolute Gasteiger partial charge is 0.221 e. The van der Waals surface area contributed by atoms with Crippen LogP contribution in [0.5, 0.6) is 0 Å². The van der Waals surface area contributed by atoms with Crippen LogP contribution in [0, 0.1) is 0 Å². The number of rotatable bonds is 7. The number of aryl methyl sites for hydroxylation is 2. The Kier molecular flexibility index (Phi) is 5.11. The standard InChI is InChI=1S/C12H17ClN6O/c1-2-18-9-15-17-11(18)3-5-14-12(20)4-6-19-8-10(13)7-16-19/h7-9H,2-6H2,1H3,(H,14,20). The topological polar surface area (TPSA) is 77.6 Å². The zero-order valence-corrected chi connectivity index (χ0v) is 12.0. The molecule has 8 heteroatoms. The summed E-state index contributed by atoms with van der Waals surface area (Å²) in [7, 11) is 0. The molecule has 0 radical (unpaired) electrons. The fourth-order valence-electron chi connectivity index (χ4n) is 1.82. The van der Waals surface area contributed by atoms with Gasteiger partial charge in [0.2, 0.25) is 5.91 Å². The van der Waals surface area contributed by atoms with Crippen LogP contribution in [-0.4, -0.2) is 37.0 Å². The normalized spacial score (nSPS) is 10.7. The lowest BCUT2D eigenvalue weighted by atomic mass is 10.3. The molecule has 0 aromatic carbocycles. The Morgan fingerprint density at radius 2 is 2.35 bits per heavy atom. The summed E-state index contributed by atoms with van der Waals surface area (Å²) in [5.74, 6) is 0.867. The van der Waals surface area contributed by atoms with Gasteiger partial charge in [-0.15, -0.1) is 10.2 Å². The molecule has 0 fully saturated rings. The van der Waals surface area contributed by atoms with E-state index in [1.54, 1.807) is 23.4 Å². The predicted molar refractivity (Wildman–Crippen MR) is 74.3 cm³/mol. The average Bonchev–Trinajstić information content (AvgIpc) is 3.05. The Balaban J connectivity index is 1.67. The Hall–Kier alpha value is -1.89. The molecule has 1 amide bonds. The van der Waals surface area contributed by atoms with E-state index in [-0.39, 0.29) is 5.91 Å². The van der Waals surface area contributed by atoms with E-state index in [1.165, 1.54) is 0 Å². The second-order valence-electron chi connectivity index (χ2n) is 4.30. The molecule has 0 aliphatic heterocycles. The summed E-state index contributed by atoms with van der Waals surface area (Å²) < 4.78 is 3.60. The van der Waals surface area contributed by atoms with Gasteiger partial charge in [0.1, 0.15) is 12.2 Å². The minimum Gasteiger partial charge on any atom is -0.356 e. The third kappa shape index (κ3) is 4.06. The third-order valence-electron chi connectivity index (χ3n) is 2.88. The number of carbonyl (C=O) groups is 1. The van der Waals surface area contributed by atoms with Crippen molar-refractivity contribution in [2.75, 3.05) is 6.54 Å². The monoisotopic (exact) mass is 296 g/mol. The van der Waals surface area contributed by atoms with Gasteiger partial charge in [0, 0.05) is 38.7 Å². The van der Waals surface area contributed by atoms with Crippen molar-refractivity contribution < 1.29 is 4.79 Å². The van der Waals surface area contributed by atoms with Crippen molar-refractivity contribution in [3.05, 3.63) is 29.6 Å². The van der Waals surface area contributed by atoms with Gasteiger partial charge in [-0.05, 0) is 6.92 Å². The Morgan fingerprint density at radius 1 is 1.50 bits per heavy atom. The lowest BCUT2D eigenvalue weighted by molar-refractivity contribution is -0.121. The van der Waals surface area contributed by atoms with Gasteiger partial charge in [-0.3, -0.25) is 9.48 Å². The van der Waals surface area contributed by atoms with Crippen LogP contribution in [0.1, 0.15) is 19.2 Å². The van der Waals surface area contributed by atoms with Crippen LogP contribution in [0.15, 0.2) is 18.7 Å². The molecule has 2 aromatic heterocycles. The van der Waals surface area contributed by atoms with Crippen LogP contribution >= 0.6 is 11.6 Å². The van der Waals surface area contributed by atoms with E-state index in [2.05, 4.69) is 20.6 Å². The van der Waals surface area contributed by atoms with Crippen LogP contribution in [0.4, 0.5) is 0 Å². The molecule has 0 atom stereocenters. The lowest BCUT2D eigenvalue weighted by Crippen LogP contribution is -2.27. The molecule has 2 heterocycles. The van der Waals surface area contributed by atoms with E-state index in [0.717, 1.165) is 12.4 Å². The highest BCUT2D eigenvalue weighted by atomic mass is 35.5. The van der Waals surface area contributed by atoms with Crippen LogP contribution < -0.4 is 5.32 Å². The van der Waals surface area contributed by atoms with Crippen molar-refractivity contribution in [1.29, 1.82) is 0 Å². The van der Waals surface area contributed by atoms with Crippen molar-refractivity contribution in [3.8, 4) is 0 Å². The number of nitrogens with zero attached hydrogens (tertiary/aromatic N) is 5. The second-order valence-corrected chi connectivity index (χ2v) is 4.74. The fourth-order valence-corrected chi connectivity index (χ4v) is 1.97. The molecule has 2 rings (SSSR count). The number of nitrogens with one attached hydrogen (secondary N) is 1. The third-order valence-corrected chi connectivity index (χ3v) is 3.07. The minimum absolute atomic E-state index is 0.0146. The summed E-state index contributed by atoms with van der Waals surface area (Å²) >= 11 is 5.75. The number of hydrogen-bond acceptors (Lipinski definition) is 4. The second kappa shape index (κ2) is 7.04. The van der Waals surface area contributed by atoms with Crippen molar-refractivity contribution in [3.63, 3.8) is 0 Å². The SMILES string of the molecule is CCn1cnnc1CCNC(=O)CCn1cc(Cl)cn1. The summed E-state index contributed by atoms with van der Waals surface area (Å²) in [6.07, 6.45) is 5.99. The number of amides is 1. The maximum atomic E-state index is 11.7. The zero-order chi connectivity index (χ0) is 14.4. The van der Waals surface area contributed by atoms with Crippen molar-refractivity contribution >= 4 is 17.5 Å². The van der Waals surface area contributed by atoms with Gasteiger partial charge >= 0.3 is 0 Å². The highest BCUT2D eigenvalue weighted by molar-refractivity contribution is 6.30. The molecule has 0 aliphatic rings. The van der Waals surface area contributed by atoms with Crippen LogP contribution in [0.25, 0.3) is 0 Å². The van der Waals surface area contributed by atoms with Crippen molar-refractivity contribution in [2.24, 2.45) is 0 Å². The van der Waals surface area contributed by atoms with Crippen molar-refractivity contribution in [1.82, 2.24) is 29.9 Å². The Bertz CT molecular complexity index is 564. The van der Waals surface area contributed by atoms with Crippen molar-refractivity contribution in [2.45, 2.75) is 32.9 Å². The molecule has 108 valence electrons. The number of carbonyl (C=O) groups excluding carboxylic acids is 1.